The van der Waals surface area contributed by atoms with Crippen molar-refractivity contribution in [2.24, 2.45) is 5.92 Å². The van der Waals surface area contributed by atoms with Crippen molar-refractivity contribution in [2.75, 3.05) is 24.7 Å². The van der Waals surface area contributed by atoms with Gasteiger partial charge in [-0.05, 0) is 30.3 Å². The second-order valence-corrected chi connectivity index (χ2v) is 8.10. The Balaban J connectivity index is 1.55. The lowest BCUT2D eigenvalue weighted by molar-refractivity contribution is -0.402. The van der Waals surface area contributed by atoms with Crippen molar-refractivity contribution in [2.45, 2.75) is 4.90 Å². The zero-order chi connectivity index (χ0) is 19.8. The van der Waals surface area contributed by atoms with E-state index in [0.717, 1.165) is 12.3 Å². The highest BCUT2D eigenvalue weighted by molar-refractivity contribution is 7.90. The van der Waals surface area contributed by atoms with E-state index in [0.29, 0.717) is 5.69 Å². The summed E-state index contributed by atoms with van der Waals surface area (Å²) in [6, 6.07) is 8.07. The monoisotopic (exact) mass is 393 g/mol. The summed E-state index contributed by atoms with van der Waals surface area (Å²) in [4.78, 5) is 35.7. The van der Waals surface area contributed by atoms with Gasteiger partial charge in [0.1, 0.15) is 4.92 Å². The Hall–Kier alpha value is -3.21. The number of nitrogens with one attached hydrogen (secondary N) is 1. The highest BCUT2D eigenvalue weighted by Gasteiger charge is 2.37. The summed E-state index contributed by atoms with van der Waals surface area (Å²) in [5, 5.41) is 13.2. The fourth-order valence-electron chi connectivity index (χ4n) is 2.54. The molecule has 2 amide bonds. The Kier molecular flexibility index (Phi) is 4.70. The number of hydrogen-bond donors (Lipinski definition) is 1. The number of carbonyl (C=O) groups is 2. The van der Waals surface area contributed by atoms with Gasteiger partial charge in [0, 0.05) is 25.0 Å². The molecular weight excluding hydrogens is 378 g/mol. The van der Waals surface area contributed by atoms with E-state index < -0.39 is 32.5 Å². The van der Waals surface area contributed by atoms with E-state index in [1.165, 1.54) is 35.2 Å². The molecule has 1 aliphatic heterocycles. The standard InChI is InChI=1S/C16H15N3O7S/c1-27(24,25)12-4-2-11(3-5-12)17-15(20)10-8-18(9-10)16(21)13-6-7-14(26-13)19(22)23/h2-7,10H,8-9H2,1H3,(H,17,20). The van der Waals surface area contributed by atoms with Gasteiger partial charge in [-0.15, -0.1) is 0 Å². The number of rotatable bonds is 5. The van der Waals surface area contributed by atoms with E-state index >= 15 is 0 Å². The predicted molar refractivity (Wildman–Crippen MR) is 92.9 cm³/mol. The molecule has 1 saturated heterocycles. The zero-order valence-electron chi connectivity index (χ0n) is 14.1. The molecule has 27 heavy (non-hydrogen) atoms. The number of nitrogens with zero attached hydrogens (tertiary/aromatic N) is 2. The van der Waals surface area contributed by atoms with Crippen LogP contribution in [0.15, 0.2) is 45.7 Å². The molecule has 142 valence electrons. The highest BCUT2D eigenvalue weighted by atomic mass is 32.2. The number of benzene rings is 1. The van der Waals surface area contributed by atoms with Gasteiger partial charge >= 0.3 is 5.88 Å². The molecule has 0 bridgehead atoms. The van der Waals surface area contributed by atoms with E-state index in [2.05, 4.69) is 5.32 Å². The summed E-state index contributed by atoms with van der Waals surface area (Å²) in [5.41, 5.74) is 0.443. The van der Waals surface area contributed by atoms with Crippen LogP contribution in [0.1, 0.15) is 10.6 Å². The van der Waals surface area contributed by atoms with Crippen LogP contribution in [-0.2, 0) is 14.6 Å². The molecule has 10 nitrogen and oxygen atoms in total. The lowest BCUT2D eigenvalue weighted by atomic mass is 9.98. The van der Waals surface area contributed by atoms with E-state index in [1.54, 1.807) is 0 Å². The van der Waals surface area contributed by atoms with E-state index in [-0.39, 0.29) is 29.7 Å². The average Bonchev–Trinajstić information content (AvgIpc) is 3.03. The molecule has 1 fully saturated rings. The van der Waals surface area contributed by atoms with Crippen LogP contribution >= 0.6 is 0 Å². The van der Waals surface area contributed by atoms with Crippen LogP contribution in [0.25, 0.3) is 0 Å². The Bertz CT molecular complexity index is 1000. The largest absolute Gasteiger partial charge is 0.433 e. The topological polar surface area (TPSA) is 140 Å². The van der Waals surface area contributed by atoms with Gasteiger partial charge in [-0.2, -0.15) is 0 Å². The van der Waals surface area contributed by atoms with Crippen molar-refractivity contribution in [1.29, 1.82) is 0 Å². The van der Waals surface area contributed by atoms with Crippen molar-refractivity contribution in [3.8, 4) is 0 Å². The quantitative estimate of drug-likeness (QED) is 0.596. The van der Waals surface area contributed by atoms with Crippen molar-refractivity contribution in [3.05, 3.63) is 52.3 Å². The van der Waals surface area contributed by atoms with Gasteiger partial charge in [0.2, 0.25) is 5.91 Å². The first-order valence-corrected chi connectivity index (χ1v) is 9.69. The van der Waals surface area contributed by atoms with Gasteiger partial charge in [-0.3, -0.25) is 19.7 Å². The smallest absolute Gasteiger partial charge is 0.395 e. The first-order valence-electron chi connectivity index (χ1n) is 7.79. The maximum absolute atomic E-state index is 12.2. The van der Waals surface area contributed by atoms with Crippen LogP contribution in [-0.4, -0.2) is 49.4 Å². The minimum atomic E-state index is -3.31. The van der Waals surface area contributed by atoms with Gasteiger partial charge in [0.15, 0.2) is 15.6 Å². The molecule has 0 unspecified atom stereocenters. The Morgan fingerprint density at radius 3 is 2.33 bits per heavy atom. The normalized spacial score (nSPS) is 14.5. The number of amides is 2. The van der Waals surface area contributed by atoms with Crippen LogP contribution in [0.5, 0.6) is 0 Å². The number of furan rings is 1. The molecule has 0 aliphatic carbocycles. The third-order valence-corrected chi connectivity index (χ3v) is 5.20. The number of carbonyl (C=O) groups excluding carboxylic acids is 2. The summed E-state index contributed by atoms with van der Waals surface area (Å²) in [6.07, 6.45) is 1.09. The average molecular weight is 393 g/mol. The molecule has 0 saturated carbocycles. The summed E-state index contributed by atoms with van der Waals surface area (Å²) in [7, 11) is -3.31. The fourth-order valence-corrected chi connectivity index (χ4v) is 3.17. The van der Waals surface area contributed by atoms with Gasteiger partial charge < -0.3 is 14.6 Å². The summed E-state index contributed by atoms with van der Waals surface area (Å²) < 4.78 is 27.7. The number of nitro groups is 1. The third kappa shape index (κ3) is 3.97. The Morgan fingerprint density at radius 2 is 1.81 bits per heavy atom. The predicted octanol–water partition coefficient (Wildman–Crippen LogP) is 1.30. The van der Waals surface area contributed by atoms with Crippen LogP contribution in [0.2, 0.25) is 0 Å². The van der Waals surface area contributed by atoms with Gasteiger partial charge in [0.05, 0.1) is 16.9 Å². The maximum Gasteiger partial charge on any atom is 0.433 e. The lowest BCUT2D eigenvalue weighted by Crippen LogP contribution is -2.54. The molecule has 1 N–H and O–H groups in total. The summed E-state index contributed by atoms with van der Waals surface area (Å²) >= 11 is 0. The molecular formula is C16H15N3O7S. The molecule has 0 radical (unpaired) electrons. The van der Waals surface area contributed by atoms with E-state index in [4.69, 9.17) is 4.42 Å². The lowest BCUT2D eigenvalue weighted by Gasteiger charge is -2.37. The fraction of sp³-hybridized carbons (Fsp3) is 0.250. The molecule has 0 atom stereocenters. The minimum Gasteiger partial charge on any atom is -0.395 e. The first-order chi connectivity index (χ1) is 12.6. The number of anilines is 1. The number of hydrogen-bond acceptors (Lipinski definition) is 7. The Morgan fingerprint density at radius 1 is 1.19 bits per heavy atom. The molecule has 2 aromatic rings. The number of likely N-dealkylation sites (tertiary alicyclic amines) is 1. The Labute approximate surface area is 153 Å². The van der Waals surface area contributed by atoms with Crippen LogP contribution in [0.3, 0.4) is 0 Å². The van der Waals surface area contributed by atoms with Crippen molar-refractivity contribution >= 4 is 33.2 Å². The zero-order valence-corrected chi connectivity index (χ0v) is 14.9. The van der Waals surface area contributed by atoms with Crippen molar-refractivity contribution < 1.29 is 27.3 Å². The molecule has 1 aromatic heterocycles. The molecule has 0 spiro atoms. The maximum atomic E-state index is 12.2. The SMILES string of the molecule is CS(=O)(=O)c1ccc(NC(=O)C2CN(C(=O)c3ccc([N+](=O)[O-])o3)C2)cc1. The molecule has 1 aromatic carbocycles. The molecule has 3 rings (SSSR count). The van der Waals surface area contributed by atoms with Crippen LogP contribution in [0.4, 0.5) is 11.6 Å². The number of sulfone groups is 1. The van der Waals surface area contributed by atoms with Crippen LogP contribution < -0.4 is 5.32 Å². The van der Waals surface area contributed by atoms with Gasteiger partial charge in [-0.25, -0.2) is 8.42 Å². The second-order valence-electron chi connectivity index (χ2n) is 6.09. The first kappa shape index (κ1) is 18.6. The van der Waals surface area contributed by atoms with Crippen LogP contribution in [0, 0.1) is 16.0 Å². The molecule has 11 heteroatoms. The molecule has 1 aliphatic rings. The van der Waals surface area contributed by atoms with Crippen molar-refractivity contribution in [3.63, 3.8) is 0 Å². The third-order valence-electron chi connectivity index (χ3n) is 4.07. The van der Waals surface area contributed by atoms with E-state index in [1.807, 2.05) is 0 Å². The minimum absolute atomic E-state index is 0.147. The highest BCUT2D eigenvalue weighted by Crippen LogP contribution is 2.23. The molecule has 2 heterocycles. The van der Waals surface area contributed by atoms with E-state index in [9.17, 15) is 28.1 Å². The summed E-state index contributed by atoms with van der Waals surface area (Å²) in [6.45, 7) is 0.307. The summed E-state index contributed by atoms with van der Waals surface area (Å²) in [5.74, 6) is -1.95. The van der Waals surface area contributed by atoms with Gasteiger partial charge in [-0.1, -0.05) is 0 Å². The van der Waals surface area contributed by atoms with Gasteiger partial charge in [0.25, 0.3) is 5.91 Å². The van der Waals surface area contributed by atoms with Crippen molar-refractivity contribution in [1.82, 2.24) is 4.90 Å². The second kappa shape index (κ2) is 6.83.